The van der Waals surface area contributed by atoms with Gasteiger partial charge in [-0.1, -0.05) is 16.6 Å². The number of hydrogen-bond donors (Lipinski definition) is 1. The molecule has 4 rings (SSSR count). The fourth-order valence-corrected chi connectivity index (χ4v) is 3.70. The highest BCUT2D eigenvalue weighted by atomic mass is 19.2. The number of oxazole rings is 1. The molecule has 1 saturated heterocycles. The van der Waals surface area contributed by atoms with Gasteiger partial charge in [0.15, 0.2) is 12.2 Å². The van der Waals surface area contributed by atoms with E-state index in [9.17, 15) is 9.59 Å². The zero-order valence-corrected chi connectivity index (χ0v) is 14.2. The van der Waals surface area contributed by atoms with Crippen LogP contribution in [0.1, 0.15) is 35.3 Å². The third-order valence-electron chi connectivity index (χ3n) is 5.21. The van der Waals surface area contributed by atoms with Crippen LogP contribution >= 0.6 is 0 Å². The highest BCUT2D eigenvalue weighted by Gasteiger charge is 2.47. The van der Waals surface area contributed by atoms with E-state index < -0.39 is 5.54 Å². The number of halogens is 1. The maximum absolute atomic E-state index is 15.1. The summed E-state index contributed by atoms with van der Waals surface area (Å²) in [6, 6.07) is 6.53. The molecule has 2 amide bonds. The SMILES string of the molecule is O=C1CC2(CCN(C(=O)NCc3cocn3)CC2)N(F)c2ccccc21. The summed E-state index contributed by atoms with van der Waals surface area (Å²) in [5.41, 5.74) is 0.520. The molecule has 1 fully saturated rings. The Hall–Kier alpha value is -2.90. The van der Waals surface area contributed by atoms with Crippen LogP contribution in [0, 0.1) is 0 Å². The number of para-hydroxylation sites is 1. The fraction of sp³-hybridized carbons (Fsp3) is 0.389. The first kappa shape index (κ1) is 16.6. The van der Waals surface area contributed by atoms with Gasteiger partial charge >= 0.3 is 6.03 Å². The molecule has 0 bridgehead atoms. The average molecular weight is 358 g/mol. The van der Waals surface area contributed by atoms with Gasteiger partial charge in [0.1, 0.15) is 6.26 Å². The van der Waals surface area contributed by atoms with Crippen molar-refractivity contribution in [2.45, 2.75) is 31.3 Å². The number of carbonyl (C=O) groups is 2. The Morgan fingerprint density at radius 2 is 2.08 bits per heavy atom. The van der Waals surface area contributed by atoms with Crippen molar-refractivity contribution < 1.29 is 18.5 Å². The number of ketones is 1. The number of benzene rings is 1. The topological polar surface area (TPSA) is 78.7 Å². The van der Waals surface area contributed by atoms with Crippen molar-refractivity contribution in [1.29, 1.82) is 0 Å². The molecule has 0 atom stereocenters. The van der Waals surface area contributed by atoms with E-state index in [-0.39, 0.29) is 24.8 Å². The fourth-order valence-electron chi connectivity index (χ4n) is 3.70. The van der Waals surface area contributed by atoms with Crippen molar-refractivity contribution in [3.05, 3.63) is 48.2 Å². The lowest BCUT2D eigenvalue weighted by Crippen LogP contribution is -2.57. The van der Waals surface area contributed by atoms with Crippen molar-refractivity contribution in [3.63, 3.8) is 0 Å². The highest BCUT2D eigenvalue weighted by molar-refractivity contribution is 6.04. The number of likely N-dealkylation sites (tertiary alicyclic amines) is 1. The maximum Gasteiger partial charge on any atom is 0.317 e. The third kappa shape index (κ3) is 2.81. The first-order valence-corrected chi connectivity index (χ1v) is 8.57. The molecule has 1 N–H and O–H groups in total. The van der Waals surface area contributed by atoms with E-state index in [1.807, 2.05) is 0 Å². The Kier molecular flexibility index (Phi) is 4.10. The average Bonchev–Trinajstić information content (AvgIpc) is 3.19. The van der Waals surface area contributed by atoms with Crippen LogP contribution in [0.5, 0.6) is 0 Å². The largest absolute Gasteiger partial charge is 0.451 e. The van der Waals surface area contributed by atoms with Crippen molar-refractivity contribution in [3.8, 4) is 0 Å². The van der Waals surface area contributed by atoms with E-state index in [0.29, 0.717) is 42.9 Å². The molecule has 7 nitrogen and oxygen atoms in total. The predicted octanol–water partition coefficient (Wildman–Crippen LogP) is 2.70. The number of fused-ring (bicyclic) bond motifs is 1. The van der Waals surface area contributed by atoms with E-state index in [0.717, 1.165) is 5.12 Å². The zero-order chi connectivity index (χ0) is 18.1. The summed E-state index contributed by atoms with van der Waals surface area (Å²) >= 11 is 0. The Balaban J connectivity index is 1.41. The van der Waals surface area contributed by atoms with Crippen LogP contribution in [0.3, 0.4) is 0 Å². The van der Waals surface area contributed by atoms with Gasteiger partial charge in [0.05, 0.1) is 23.5 Å². The third-order valence-corrected chi connectivity index (χ3v) is 5.21. The van der Waals surface area contributed by atoms with Crippen LogP contribution < -0.4 is 10.4 Å². The molecule has 26 heavy (non-hydrogen) atoms. The highest BCUT2D eigenvalue weighted by Crippen LogP contribution is 2.42. The van der Waals surface area contributed by atoms with Gasteiger partial charge in [-0.25, -0.2) is 14.9 Å². The maximum atomic E-state index is 15.1. The summed E-state index contributed by atoms with van der Waals surface area (Å²) in [6.45, 7) is 1.05. The number of rotatable bonds is 2. The molecule has 0 radical (unpaired) electrons. The molecule has 0 unspecified atom stereocenters. The Morgan fingerprint density at radius 3 is 2.81 bits per heavy atom. The van der Waals surface area contributed by atoms with E-state index in [4.69, 9.17) is 4.42 Å². The first-order chi connectivity index (χ1) is 12.6. The van der Waals surface area contributed by atoms with Crippen LogP contribution in [0.4, 0.5) is 15.0 Å². The molecule has 1 spiro atoms. The molecule has 8 heteroatoms. The smallest absolute Gasteiger partial charge is 0.317 e. The molecular weight excluding hydrogens is 339 g/mol. The number of amides is 2. The number of Topliss-reactive ketones (excluding diaryl/α,β-unsaturated/α-hetero) is 1. The summed E-state index contributed by atoms with van der Waals surface area (Å²) in [5.74, 6) is -0.0431. The molecule has 1 aromatic heterocycles. The lowest BCUT2D eigenvalue weighted by atomic mass is 9.78. The Bertz CT molecular complexity index is 816. The number of hydrogen-bond acceptors (Lipinski definition) is 5. The first-order valence-electron chi connectivity index (χ1n) is 8.57. The van der Waals surface area contributed by atoms with Gasteiger partial charge in [0.25, 0.3) is 0 Å². The minimum atomic E-state index is -0.867. The summed E-state index contributed by atoms with van der Waals surface area (Å²) in [4.78, 5) is 30.3. The van der Waals surface area contributed by atoms with Crippen LogP contribution in [-0.4, -0.2) is 40.3 Å². The minimum absolute atomic E-state index is 0.0431. The van der Waals surface area contributed by atoms with Gasteiger partial charge in [0.2, 0.25) is 0 Å². The normalized spacial score (nSPS) is 18.7. The molecule has 2 aliphatic rings. The van der Waals surface area contributed by atoms with E-state index in [2.05, 4.69) is 10.3 Å². The quantitative estimate of drug-likeness (QED) is 0.835. The van der Waals surface area contributed by atoms with Crippen LogP contribution in [0.25, 0.3) is 0 Å². The van der Waals surface area contributed by atoms with Gasteiger partial charge in [-0.3, -0.25) is 4.79 Å². The molecule has 3 heterocycles. The lowest BCUT2D eigenvalue weighted by molar-refractivity contribution is 0.0805. The summed E-state index contributed by atoms with van der Waals surface area (Å²) in [7, 11) is 0. The zero-order valence-electron chi connectivity index (χ0n) is 14.2. The van der Waals surface area contributed by atoms with Crippen molar-refractivity contribution in [2.75, 3.05) is 18.2 Å². The molecule has 2 aliphatic heterocycles. The lowest BCUT2D eigenvalue weighted by Gasteiger charge is -2.47. The molecule has 136 valence electrons. The summed E-state index contributed by atoms with van der Waals surface area (Å²) in [6.07, 6.45) is 3.72. The molecule has 2 aromatic rings. The number of aromatic nitrogens is 1. The number of anilines is 1. The second-order valence-electron chi connectivity index (χ2n) is 6.75. The van der Waals surface area contributed by atoms with Crippen LogP contribution in [0.2, 0.25) is 0 Å². The summed E-state index contributed by atoms with van der Waals surface area (Å²) in [5, 5.41) is 3.52. The monoisotopic (exact) mass is 358 g/mol. The van der Waals surface area contributed by atoms with Gasteiger partial charge < -0.3 is 14.6 Å². The van der Waals surface area contributed by atoms with Crippen LogP contribution in [0.15, 0.2) is 41.3 Å². The van der Waals surface area contributed by atoms with E-state index in [1.54, 1.807) is 29.2 Å². The number of nitrogens with zero attached hydrogens (tertiary/aromatic N) is 3. The number of piperidine rings is 1. The second kappa shape index (κ2) is 6.44. The standard InChI is InChI=1S/C18H19FN4O3/c19-23-15-4-2-1-3-14(15)16(24)9-18(23)5-7-22(8-6-18)17(25)20-10-13-11-26-12-21-13/h1-4,11-12H,5-10H2,(H,20,25). The van der Waals surface area contributed by atoms with E-state index in [1.165, 1.54) is 12.7 Å². The van der Waals surface area contributed by atoms with Gasteiger partial charge in [0, 0.05) is 25.1 Å². The molecule has 0 saturated carbocycles. The minimum Gasteiger partial charge on any atom is -0.451 e. The van der Waals surface area contributed by atoms with Crippen molar-refractivity contribution >= 4 is 17.5 Å². The van der Waals surface area contributed by atoms with E-state index >= 15 is 4.48 Å². The number of nitrogens with one attached hydrogen (secondary N) is 1. The Morgan fingerprint density at radius 1 is 1.31 bits per heavy atom. The second-order valence-corrected chi connectivity index (χ2v) is 6.75. The molecular formula is C18H19FN4O3. The van der Waals surface area contributed by atoms with Crippen molar-refractivity contribution in [1.82, 2.24) is 15.2 Å². The Labute approximate surface area is 149 Å². The molecule has 1 aromatic carbocycles. The van der Waals surface area contributed by atoms with Crippen molar-refractivity contribution in [2.24, 2.45) is 0 Å². The van der Waals surface area contributed by atoms with Crippen LogP contribution in [-0.2, 0) is 6.54 Å². The number of urea groups is 1. The van der Waals surface area contributed by atoms with Gasteiger partial charge in [-0.15, -0.1) is 0 Å². The molecule has 0 aliphatic carbocycles. The van der Waals surface area contributed by atoms with Gasteiger partial charge in [-0.2, -0.15) is 0 Å². The van der Waals surface area contributed by atoms with Gasteiger partial charge in [-0.05, 0) is 25.0 Å². The summed E-state index contributed by atoms with van der Waals surface area (Å²) < 4.78 is 20.0. The number of carbonyl (C=O) groups excluding carboxylic acids is 2. The predicted molar refractivity (Wildman–Crippen MR) is 91.3 cm³/mol.